The first-order chi connectivity index (χ1) is 16.0. The van der Waals surface area contributed by atoms with Crippen LogP contribution in [0.3, 0.4) is 0 Å². The lowest BCUT2D eigenvalue weighted by Crippen LogP contribution is -2.50. The lowest BCUT2D eigenvalue weighted by atomic mass is 9.98. The molecule has 1 saturated heterocycles. The number of hydrogen-bond donors (Lipinski definition) is 2. The molecule has 1 heterocycles. The molecule has 0 aromatic heterocycles. The van der Waals surface area contributed by atoms with E-state index in [0.717, 1.165) is 22.3 Å². The maximum absolute atomic E-state index is 13.0. The molecule has 4 atom stereocenters. The zero-order valence-corrected chi connectivity index (χ0v) is 18.6. The van der Waals surface area contributed by atoms with Gasteiger partial charge in [0.25, 0.3) is 0 Å². The molecule has 1 saturated carbocycles. The van der Waals surface area contributed by atoms with E-state index in [1.807, 2.05) is 31.2 Å². The summed E-state index contributed by atoms with van der Waals surface area (Å²) in [6.45, 7) is 3.02. The number of benzene rings is 2. The van der Waals surface area contributed by atoms with Crippen LogP contribution in [-0.2, 0) is 14.3 Å². The van der Waals surface area contributed by atoms with Crippen molar-refractivity contribution >= 4 is 18.0 Å². The zero-order chi connectivity index (χ0) is 23.1. The minimum absolute atomic E-state index is 0.0344. The van der Waals surface area contributed by atoms with E-state index in [2.05, 4.69) is 29.6 Å². The summed E-state index contributed by atoms with van der Waals surface area (Å²) in [6.07, 6.45) is 0.534. The number of carbonyl (C=O) groups excluding carboxylic acids is 2. The van der Waals surface area contributed by atoms with Crippen molar-refractivity contribution in [3.8, 4) is 11.1 Å². The Balaban J connectivity index is 1.19. The Labute approximate surface area is 192 Å². The van der Waals surface area contributed by atoms with Gasteiger partial charge in [0, 0.05) is 19.0 Å². The second-order valence-corrected chi connectivity index (χ2v) is 9.20. The zero-order valence-electron chi connectivity index (χ0n) is 18.6. The number of amides is 2. The molecule has 5 rings (SSSR count). The number of hydrogen-bond acceptors (Lipinski definition) is 4. The lowest BCUT2D eigenvalue weighted by molar-refractivity contribution is -0.139. The van der Waals surface area contributed by atoms with Gasteiger partial charge in [-0.25, -0.2) is 4.79 Å². The van der Waals surface area contributed by atoms with E-state index in [4.69, 9.17) is 4.74 Å². The van der Waals surface area contributed by atoms with E-state index in [9.17, 15) is 19.5 Å². The molecule has 2 N–H and O–H groups in total. The second-order valence-electron chi connectivity index (χ2n) is 9.20. The number of carbonyl (C=O) groups is 3. The van der Waals surface area contributed by atoms with Gasteiger partial charge in [-0.3, -0.25) is 9.59 Å². The standard InChI is InChI=1S/C26H28N2O5/c1-2-22(24(29)28-12-11-19-20(13-28)23(19)25(30)31)27-26(32)33-14-21-17-9-5-3-7-15(17)16-8-4-6-10-18(16)21/h3-10,19-23H,2,11-14H2,1H3,(H,27,32)(H,30,31)/t19-,20+,22+,23?/m0/s1. The summed E-state index contributed by atoms with van der Waals surface area (Å²) in [5.41, 5.74) is 4.59. The highest BCUT2D eigenvalue weighted by Gasteiger charge is 2.57. The van der Waals surface area contributed by atoms with Gasteiger partial charge in [-0.2, -0.15) is 0 Å². The summed E-state index contributed by atoms with van der Waals surface area (Å²) < 4.78 is 5.59. The van der Waals surface area contributed by atoms with Crippen LogP contribution >= 0.6 is 0 Å². The number of carboxylic acid groups (broad SMARTS) is 1. The summed E-state index contributed by atoms with van der Waals surface area (Å²) in [4.78, 5) is 38.6. The quantitative estimate of drug-likeness (QED) is 0.705. The van der Waals surface area contributed by atoms with E-state index in [1.165, 1.54) is 0 Å². The molecule has 2 fully saturated rings. The number of rotatable bonds is 6. The molecule has 0 spiro atoms. The first-order valence-corrected chi connectivity index (χ1v) is 11.6. The van der Waals surface area contributed by atoms with Gasteiger partial charge >= 0.3 is 12.1 Å². The molecule has 7 nitrogen and oxygen atoms in total. The fourth-order valence-corrected chi connectivity index (χ4v) is 5.65. The first-order valence-electron chi connectivity index (χ1n) is 11.6. The number of alkyl carbamates (subject to hydrolysis) is 1. The van der Waals surface area contributed by atoms with Gasteiger partial charge in [0.05, 0.1) is 5.92 Å². The second kappa shape index (κ2) is 8.54. The number of carboxylic acids is 1. The van der Waals surface area contributed by atoms with Crippen LogP contribution in [0.1, 0.15) is 36.8 Å². The third kappa shape index (κ3) is 3.86. The van der Waals surface area contributed by atoms with E-state index in [1.54, 1.807) is 4.90 Å². The van der Waals surface area contributed by atoms with Crippen LogP contribution in [-0.4, -0.2) is 53.7 Å². The fourth-order valence-electron chi connectivity index (χ4n) is 5.65. The fraction of sp³-hybridized carbons (Fsp3) is 0.423. The lowest BCUT2D eigenvalue weighted by Gasteiger charge is -2.30. The largest absolute Gasteiger partial charge is 0.481 e. The third-order valence-electron chi connectivity index (χ3n) is 7.43. The van der Waals surface area contributed by atoms with Crippen LogP contribution in [0.5, 0.6) is 0 Å². The van der Waals surface area contributed by atoms with Crippen molar-refractivity contribution in [2.24, 2.45) is 17.8 Å². The predicted molar refractivity (Wildman–Crippen MR) is 122 cm³/mol. The number of nitrogens with one attached hydrogen (secondary N) is 1. The summed E-state index contributed by atoms with van der Waals surface area (Å²) in [5.74, 6) is -1.10. The molecule has 2 aliphatic carbocycles. The van der Waals surface area contributed by atoms with Gasteiger partial charge < -0.3 is 20.1 Å². The molecular weight excluding hydrogens is 420 g/mol. The van der Waals surface area contributed by atoms with Crippen LogP contribution in [0, 0.1) is 17.8 Å². The van der Waals surface area contributed by atoms with Crippen molar-refractivity contribution < 1.29 is 24.2 Å². The van der Waals surface area contributed by atoms with Crippen molar-refractivity contribution in [2.75, 3.05) is 19.7 Å². The smallest absolute Gasteiger partial charge is 0.407 e. The van der Waals surface area contributed by atoms with E-state index in [0.29, 0.717) is 25.9 Å². The molecule has 3 aliphatic rings. The summed E-state index contributed by atoms with van der Waals surface area (Å²) in [7, 11) is 0. The number of fused-ring (bicyclic) bond motifs is 4. The number of ether oxygens (including phenoxy) is 1. The SMILES string of the molecule is CC[C@@H](NC(=O)OCC1c2ccccc2-c2ccccc21)C(=O)N1CC[C@@H]2C(C(=O)O)[C@@H]2C1. The highest BCUT2D eigenvalue weighted by Crippen LogP contribution is 2.51. The summed E-state index contributed by atoms with van der Waals surface area (Å²) in [6, 6.07) is 15.6. The van der Waals surface area contributed by atoms with Crippen LogP contribution in [0.25, 0.3) is 11.1 Å². The first kappa shape index (κ1) is 21.5. The minimum atomic E-state index is -0.775. The Morgan fingerprint density at radius 3 is 2.30 bits per heavy atom. The Bertz CT molecular complexity index is 1050. The summed E-state index contributed by atoms with van der Waals surface area (Å²) in [5, 5.41) is 12.0. The van der Waals surface area contributed by atoms with E-state index in [-0.39, 0.29) is 36.2 Å². The average molecular weight is 449 g/mol. The van der Waals surface area contributed by atoms with Crippen LogP contribution in [0.2, 0.25) is 0 Å². The van der Waals surface area contributed by atoms with Crippen molar-refractivity contribution in [1.29, 1.82) is 0 Å². The van der Waals surface area contributed by atoms with E-state index < -0.39 is 18.1 Å². The van der Waals surface area contributed by atoms with Gasteiger partial charge in [0.2, 0.25) is 5.91 Å². The molecule has 33 heavy (non-hydrogen) atoms. The average Bonchev–Trinajstić information content (AvgIpc) is 3.48. The van der Waals surface area contributed by atoms with Crippen molar-refractivity contribution in [2.45, 2.75) is 31.7 Å². The van der Waals surface area contributed by atoms with Gasteiger partial charge in [-0.15, -0.1) is 0 Å². The highest BCUT2D eigenvalue weighted by molar-refractivity contribution is 5.86. The molecule has 1 aliphatic heterocycles. The van der Waals surface area contributed by atoms with Gasteiger partial charge in [-0.05, 0) is 46.9 Å². The Kier molecular flexibility index (Phi) is 5.56. The van der Waals surface area contributed by atoms with Crippen LogP contribution in [0.15, 0.2) is 48.5 Å². The van der Waals surface area contributed by atoms with Crippen molar-refractivity contribution in [3.05, 3.63) is 59.7 Å². The van der Waals surface area contributed by atoms with Crippen LogP contribution < -0.4 is 5.32 Å². The molecule has 7 heteroatoms. The van der Waals surface area contributed by atoms with Crippen molar-refractivity contribution in [1.82, 2.24) is 10.2 Å². The molecule has 1 unspecified atom stereocenters. The number of likely N-dealkylation sites (tertiary alicyclic amines) is 1. The van der Waals surface area contributed by atoms with Crippen LogP contribution in [0.4, 0.5) is 4.79 Å². The molecule has 0 bridgehead atoms. The Morgan fingerprint density at radius 1 is 1.06 bits per heavy atom. The number of nitrogens with zero attached hydrogens (tertiary/aromatic N) is 1. The number of aliphatic carboxylic acids is 1. The van der Waals surface area contributed by atoms with Gasteiger partial charge in [0.1, 0.15) is 12.6 Å². The third-order valence-corrected chi connectivity index (χ3v) is 7.43. The number of piperidine rings is 1. The topological polar surface area (TPSA) is 95.9 Å². The normalized spacial score (nSPS) is 23.7. The molecule has 2 amide bonds. The molecule has 2 aromatic rings. The maximum Gasteiger partial charge on any atom is 0.407 e. The molecular formula is C26H28N2O5. The predicted octanol–water partition coefficient (Wildman–Crippen LogP) is 3.48. The minimum Gasteiger partial charge on any atom is -0.481 e. The van der Waals surface area contributed by atoms with Crippen molar-refractivity contribution in [3.63, 3.8) is 0 Å². The Morgan fingerprint density at radius 2 is 1.70 bits per heavy atom. The highest BCUT2D eigenvalue weighted by atomic mass is 16.5. The van der Waals surface area contributed by atoms with Gasteiger partial charge in [0.15, 0.2) is 0 Å². The Hall–Kier alpha value is -3.35. The monoisotopic (exact) mass is 448 g/mol. The maximum atomic E-state index is 13.0. The molecule has 172 valence electrons. The molecule has 0 radical (unpaired) electrons. The summed E-state index contributed by atoms with van der Waals surface area (Å²) >= 11 is 0. The van der Waals surface area contributed by atoms with E-state index >= 15 is 0 Å². The molecule has 2 aromatic carbocycles. The van der Waals surface area contributed by atoms with Gasteiger partial charge in [-0.1, -0.05) is 55.5 Å².